The molecule has 3 rings (SSSR count). The van der Waals surface area contributed by atoms with Crippen molar-refractivity contribution in [1.29, 1.82) is 0 Å². The zero-order chi connectivity index (χ0) is 20.4. The van der Waals surface area contributed by atoms with E-state index in [1.165, 1.54) is 13.0 Å². The van der Waals surface area contributed by atoms with Gasteiger partial charge < -0.3 is 20.2 Å². The van der Waals surface area contributed by atoms with Gasteiger partial charge in [-0.05, 0) is 22.0 Å². The number of nitrogens with zero attached hydrogens (tertiary/aromatic N) is 3. The molecule has 28 heavy (non-hydrogen) atoms. The number of hydrogen-bond acceptors (Lipinski definition) is 6. The molecule has 1 aromatic rings. The van der Waals surface area contributed by atoms with Crippen LogP contribution in [0.2, 0.25) is 0 Å². The Morgan fingerprint density at radius 2 is 1.93 bits per heavy atom. The Morgan fingerprint density at radius 3 is 2.54 bits per heavy atom. The molecule has 2 heterocycles. The second-order valence-electron chi connectivity index (χ2n) is 6.48. The predicted molar refractivity (Wildman–Crippen MR) is 104 cm³/mol. The first-order chi connectivity index (χ1) is 13.3. The van der Waals surface area contributed by atoms with E-state index in [9.17, 15) is 18.8 Å². The fraction of sp³-hybridized carbons (Fsp3) is 0.389. The van der Waals surface area contributed by atoms with Crippen LogP contribution in [0.1, 0.15) is 6.92 Å². The second kappa shape index (κ2) is 8.27. The van der Waals surface area contributed by atoms with Crippen LogP contribution in [-0.4, -0.2) is 72.0 Å². The lowest BCUT2D eigenvalue weighted by Crippen LogP contribution is -2.48. The smallest absolute Gasteiger partial charge is 0.277 e. The van der Waals surface area contributed by atoms with E-state index in [0.29, 0.717) is 42.0 Å². The van der Waals surface area contributed by atoms with Gasteiger partial charge in [-0.3, -0.25) is 19.3 Å². The molecule has 2 aliphatic rings. The summed E-state index contributed by atoms with van der Waals surface area (Å²) in [7, 11) is 0. The van der Waals surface area contributed by atoms with Gasteiger partial charge in [0.05, 0.1) is 24.5 Å². The van der Waals surface area contributed by atoms with Gasteiger partial charge in [-0.25, -0.2) is 4.39 Å². The van der Waals surface area contributed by atoms with Crippen molar-refractivity contribution in [1.82, 2.24) is 9.80 Å². The minimum absolute atomic E-state index is 0.000134. The number of β-amino-alcohol motifs (C(OH)–C–C–N with tert-alkyl or cyclic N) is 1. The first kappa shape index (κ1) is 20.3. The van der Waals surface area contributed by atoms with Gasteiger partial charge in [0.25, 0.3) is 11.8 Å². The van der Waals surface area contributed by atoms with E-state index in [4.69, 9.17) is 5.11 Å². The molecule has 1 fully saturated rings. The highest BCUT2D eigenvalue weighted by molar-refractivity contribution is 9.10. The molecule has 0 aliphatic carbocycles. The number of carbonyl (C=O) groups excluding carboxylic acids is 3. The molecular weight excluding hydrogens is 435 g/mol. The lowest BCUT2D eigenvalue weighted by molar-refractivity contribution is -0.137. The number of rotatable bonds is 5. The fourth-order valence-electron chi connectivity index (χ4n) is 3.19. The summed E-state index contributed by atoms with van der Waals surface area (Å²) < 4.78 is 15.2. The Hall–Kier alpha value is -2.46. The molecule has 2 aliphatic heterocycles. The maximum absolute atomic E-state index is 14.7. The maximum atomic E-state index is 14.7. The van der Waals surface area contributed by atoms with Crippen LogP contribution in [-0.2, 0) is 14.4 Å². The number of aliphatic hydroxyl groups is 1. The molecule has 150 valence electrons. The van der Waals surface area contributed by atoms with Crippen LogP contribution < -0.4 is 10.2 Å². The summed E-state index contributed by atoms with van der Waals surface area (Å²) in [6.07, 6.45) is 1.12. The van der Waals surface area contributed by atoms with Crippen LogP contribution in [0.3, 0.4) is 0 Å². The van der Waals surface area contributed by atoms with Gasteiger partial charge in [0.1, 0.15) is 11.5 Å². The van der Waals surface area contributed by atoms with Gasteiger partial charge in [0, 0.05) is 49.7 Å². The average Bonchev–Trinajstić information content (AvgIpc) is 2.92. The van der Waals surface area contributed by atoms with Crippen molar-refractivity contribution in [2.45, 2.75) is 6.92 Å². The van der Waals surface area contributed by atoms with Crippen LogP contribution in [0.4, 0.5) is 15.8 Å². The zero-order valence-electron chi connectivity index (χ0n) is 15.2. The van der Waals surface area contributed by atoms with E-state index >= 15 is 0 Å². The Labute approximate surface area is 169 Å². The molecule has 10 heteroatoms. The van der Waals surface area contributed by atoms with Gasteiger partial charge in [-0.2, -0.15) is 0 Å². The summed E-state index contributed by atoms with van der Waals surface area (Å²) in [6.45, 7) is 3.17. The third-order valence-electron chi connectivity index (χ3n) is 4.70. The summed E-state index contributed by atoms with van der Waals surface area (Å²) in [5.74, 6) is -1.58. The molecule has 0 spiro atoms. The topological polar surface area (TPSA) is 93.2 Å². The number of amides is 3. The van der Waals surface area contributed by atoms with Gasteiger partial charge in [0.2, 0.25) is 5.91 Å². The van der Waals surface area contributed by atoms with Crippen molar-refractivity contribution in [3.63, 3.8) is 0 Å². The van der Waals surface area contributed by atoms with Crippen molar-refractivity contribution in [3.8, 4) is 0 Å². The lowest BCUT2D eigenvalue weighted by Gasteiger charge is -2.36. The van der Waals surface area contributed by atoms with Gasteiger partial charge >= 0.3 is 0 Å². The van der Waals surface area contributed by atoms with Crippen molar-refractivity contribution in [3.05, 3.63) is 34.2 Å². The quantitative estimate of drug-likeness (QED) is 0.642. The third-order valence-corrected chi connectivity index (χ3v) is 5.36. The number of piperazine rings is 1. The molecule has 0 atom stereocenters. The van der Waals surface area contributed by atoms with E-state index in [2.05, 4.69) is 21.2 Å². The minimum atomic E-state index is -0.573. The van der Waals surface area contributed by atoms with Crippen molar-refractivity contribution < 1.29 is 23.9 Å². The number of halogens is 2. The number of carbonyl (C=O) groups is 3. The third kappa shape index (κ3) is 4.02. The molecular formula is C18H20BrFN4O4. The molecule has 0 aromatic heterocycles. The van der Waals surface area contributed by atoms with Gasteiger partial charge in [-0.15, -0.1) is 0 Å². The standard InChI is InChI=1S/C18H20BrFN4O4/c1-11(26)22-2-4-23(5-3-22)16-8-12(19)14(9-13(16)20)21-15-10-17(27)24(6-7-25)18(15)28/h8-10,21,25H,2-7H2,1H3. The molecule has 0 bridgehead atoms. The molecule has 0 unspecified atom stereocenters. The van der Waals surface area contributed by atoms with E-state index in [0.717, 1.165) is 11.0 Å². The van der Waals surface area contributed by atoms with Crippen LogP contribution in [0.5, 0.6) is 0 Å². The van der Waals surface area contributed by atoms with E-state index in [-0.39, 0.29) is 24.8 Å². The summed E-state index contributed by atoms with van der Waals surface area (Å²) in [5.41, 5.74) is 0.716. The summed E-state index contributed by atoms with van der Waals surface area (Å²) in [6, 6.07) is 2.86. The Kier molecular flexibility index (Phi) is 5.99. The van der Waals surface area contributed by atoms with Gasteiger partial charge in [-0.1, -0.05) is 0 Å². The second-order valence-corrected chi connectivity index (χ2v) is 7.33. The Balaban J connectivity index is 1.74. The zero-order valence-corrected chi connectivity index (χ0v) is 16.8. The molecule has 0 saturated carbocycles. The largest absolute Gasteiger partial charge is 0.395 e. The number of hydrogen-bond donors (Lipinski definition) is 2. The van der Waals surface area contributed by atoms with Crippen LogP contribution in [0, 0.1) is 5.82 Å². The van der Waals surface area contributed by atoms with Crippen LogP contribution in [0.25, 0.3) is 0 Å². The van der Waals surface area contributed by atoms with Gasteiger partial charge in [0.15, 0.2) is 0 Å². The highest BCUT2D eigenvalue weighted by atomic mass is 79.9. The molecule has 1 saturated heterocycles. The number of benzene rings is 1. The molecule has 2 N–H and O–H groups in total. The Morgan fingerprint density at radius 1 is 1.25 bits per heavy atom. The van der Waals surface area contributed by atoms with Crippen molar-refractivity contribution in [2.24, 2.45) is 0 Å². The normalized spacial score (nSPS) is 17.3. The molecule has 8 nitrogen and oxygen atoms in total. The van der Waals surface area contributed by atoms with E-state index in [1.54, 1.807) is 11.0 Å². The monoisotopic (exact) mass is 454 g/mol. The predicted octanol–water partition coefficient (Wildman–Crippen LogP) is 0.914. The minimum Gasteiger partial charge on any atom is -0.395 e. The average molecular weight is 455 g/mol. The number of nitrogens with one attached hydrogen (secondary N) is 1. The van der Waals surface area contributed by atoms with Crippen LogP contribution >= 0.6 is 15.9 Å². The summed E-state index contributed by atoms with van der Waals surface area (Å²) in [4.78, 5) is 40.0. The highest BCUT2D eigenvalue weighted by Gasteiger charge is 2.31. The van der Waals surface area contributed by atoms with E-state index < -0.39 is 17.6 Å². The summed E-state index contributed by atoms with van der Waals surface area (Å²) in [5, 5.41) is 11.7. The fourth-order valence-corrected chi connectivity index (χ4v) is 3.62. The molecule has 3 amide bonds. The SMILES string of the molecule is CC(=O)N1CCN(c2cc(Br)c(NC3=CC(=O)N(CCO)C3=O)cc2F)CC1. The lowest BCUT2D eigenvalue weighted by atomic mass is 10.2. The summed E-state index contributed by atoms with van der Waals surface area (Å²) >= 11 is 3.37. The highest BCUT2D eigenvalue weighted by Crippen LogP contribution is 2.33. The number of anilines is 2. The molecule has 0 radical (unpaired) electrons. The van der Waals surface area contributed by atoms with Crippen molar-refractivity contribution >= 4 is 45.0 Å². The number of aliphatic hydroxyl groups excluding tert-OH is 1. The number of imide groups is 1. The molecule has 1 aromatic carbocycles. The van der Waals surface area contributed by atoms with E-state index in [1.807, 2.05) is 4.90 Å². The first-order valence-corrected chi connectivity index (χ1v) is 9.56. The van der Waals surface area contributed by atoms with Crippen LogP contribution in [0.15, 0.2) is 28.4 Å². The maximum Gasteiger partial charge on any atom is 0.277 e. The van der Waals surface area contributed by atoms with Crippen molar-refractivity contribution in [2.75, 3.05) is 49.5 Å². The first-order valence-electron chi connectivity index (χ1n) is 8.76. The Bertz CT molecular complexity index is 852.